The van der Waals surface area contributed by atoms with Crippen molar-refractivity contribution in [1.82, 2.24) is 0 Å². The van der Waals surface area contributed by atoms with Crippen LogP contribution >= 0.6 is 0 Å². The van der Waals surface area contributed by atoms with E-state index in [1.165, 1.54) is 0 Å². The molecule has 0 heterocycles. The molecule has 0 aliphatic carbocycles. The fourth-order valence-electron chi connectivity index (χ4n) is 0. The Morgan fingerprint density at radius 2 is 1.00 bits per heavy atom. The average molecular weight is 314 g/mol. The van der Waals surface area contributed by atoms with Gasteiger partial charge in [-0.2, -0.15) is 0 Å². The smallest absolute Gasteiger partial charge is 0 e. The van der Waals surface area contributed by atoms with Crippen LogP contribution in [0.1, 0.15) is 0 Å². The Labute approximate surface area is 76.3 Å². The van der Waals surface area contributed by atoms with E-state index in [1.54, 1.807) is 0 Å². The summed E-state index contributed by atoms with van der Waals surface area (Å²) in [6.45, 7) is 0. The second-order valence-electron chi connectivity index (χ2n) is 0. The molecule has 0 aliphatic rings. The van der Waals surface area contributed by atoms with Gasteiger partial charge < -0.3 is 0 Å². The zero-order valence-corrected chi connectivity index (χ0v) is 9.73. The minimum atomic E-state index is 0. The molecule has 0 saturated carbocycles. The Balaban J connectivity index is 0. The first-order chi connectivity index (χ1) is 0. The van der Waals surface area contributed by atoms with E-state index in [9.17, 15) is 0 Å². The third-order valence-corrected chi connectivity index (χ3v) is 0. The average Bonchev–Trinajstić information content (AvgIpc) is 0. The summed E-state index contributed by atoms with van der Waals surface area (Å²) in [5.74, 6) is 0. The first-order valence-electron chi connectivity index (χ1n) is 0. The van der Waals surface area contributed by atoms with Crippen LogP contribution in [0, 0.1) is 0 Å². The van der Waals surface area contributed by atoms with Gasteiger partial charge >= 0.3 is 23.7 Å². The molecule has 0 aromatic heterocycles. The number of hydrogen-bond donors (Lipinski definition) is 0. The van der Waals surface area contributed by atoms with Crippen LogP contribution in [-0.4, -0.2) is 23.7 Å². The van der Waals surface area contributed by atoms with Crippen molar-refractivity contribution in [2.75, 3.05) is 0 Å². The van der Waals surface area contributed by atoms with Crippen molar-refractivity contribution < 1.29 is 53.6 Å². The van der Waals surface area contributed by atoms with Gasteiger partial charge in [-0.15, -0.1) is 0 Å². The third kappa shape index (κ3) is 8.82. The molecule has 4 heavy (non-hydrogen) atoms. The number of hydrogen-bond acceptors (Lipinski definition) is 0. The molecule has 0 spiro atoms. The summed E-state index contributed by atoms with van der Waals surface area (Å²) in [4.78, 5) is 0. The second-order valence-corrected chi connectivity index (χ2v) is 0. The summed E-state index contributed by atoms with van der Waals surface area (Å²) in [5.41, 5.74) is 0. The van der Waals surface area contributed by atoms with Gasteiger partial charge in [0.05, 0.1) is 0 Å². The summed E-state index contributed by atoms with van der Waals surface area (Å²) in [5, 5.41) is 0. The molecule has 0 N–H and O–H groups in total. The van der Waals surface area contributed by atoms with Crippen molar-refractivity contribution >= 4 is 23.7 Å². The predicted octanol–water partition coefficient (Wildman–Crippen LogP) is -0.924. The van der Waals surface area contributed by atoms with Gasteiger partial charge in [-0.1, -0.05) is 0 Å². The van der Waals surface area contributed by atoms with Gasteiger partial charge in [0.2, 0.25) is 0 Å². The van der Waals surface area contributed by atoms with Crippen molar-refractivity contribution in [2.45, 2.75) is 0 Å². The van der Waals surface area contributed by atoms with Crippen LogP contribution < -0.4 is 0 Å². The first-order valence-corrected chi connectivity index (χ1v) is 0. The van der Waals surface area contributed by atoms with Gasteiger partial charge in [-0.3, -0.25) is 0 Å². The Kier molecular flexibility index (Phi) is 143. The van der Waals surface area contributed by atoms with Crippen LogP contribution in [0.4, 0.5) is 0 Å². The van der Waals surface area contributed by atoms with Crippen LogP contribution in [0.2, 0.25) is 0 Å². The topological polar surface area (TPSA) is 0 Å². The van der Waals surface area contributed by atoms with Crippen molar-refractivity contribution in [1.29, 1.82) is 0 Å². The molecule has 0 aliphatic heterocycles. The van der Waals surface area contributed by atoms with Gasteiger partial charge in [0.1, 0.15) is 0 Å². The minimum absolute atomic E-state index is 0. The molecule has 0 aromatic rings. The quantitative estimate of drug-likeness (QED) is 0.507. The van der Waals surface area contributed by atoms with E-state index >= 15 is 0 Å². The van der Waals surface area contributed by atoms with Crippen molar-refractivity contribution in [2.24, 2.45) is 0 Å². The van der Waals surface area contributed by atoms with E-state index < -0.39 is 0 Å². The summed E-state index contributed by atoms with van der Waals surface area (Å²) < 4.78 is 0. The van der Waals surface area contributed by atoms with E-state index in [4.69, 9.17) is 0 Å². The molecule has 0 rings (SSSR count). The molecule has 0 atom stereocenters. The molecular formula is H2CuFeTeZn. The Morgan fingerprint density at radius 3 is 1.00 bits per heavy atom. The van der Waals surface area contributed by atoms with E-state index in [0.29, 0.717) is 0 Å². The van der Waals surface area contributed by atoms with Crippen molar-refractivity contribution in [3.05, 3.63) is 0 Å². The minimum Gasteiger partial charge on any atom is 0 e. The number of rotatable bonds is 0. The van der Waals surface area contributed by atoms with E-state index in [0.717, 1.165) is 0 Å². The van der Waals surface area contributed by atoms with E-state index in [1.807, 2.05) is 0 Å². The summed E-state index contributed by atoms with van der Waals surface area (Å²) in [6, 6.07) is 0. The maximum atomic E-state index is 0. The van der Waals surface area contributed by atoms with Crippen LogP contribution in [0.15, 0.2) is 0 Å². The second kappa shape index (κ2) is 18.0. The monoisotopic (exact) mass is 315 g/mol. The van der Waals surface area contributed by atoms with Gasteiger partial charge in [0, 0.05) is 53.6 Å². The van der Waals surface area contributed by atoms with Crippen LogP contribution in [0.25, 0.3) is 0 Å². The van der Waals surface area contributed by atoms with Crippen LogP contribution in [0.5, 0.6) is 0 Å². The maximum Gasteiger partial charge on any atom is 0 e. The normalized spacial score (nSPS) is 0. The Bertz CT molecular complexity index is 8.00. The van der Waals surface area contributed by atoms with Gasteiger partial charge in [-0.25, -0.2) is 0 Å². The zero-order valence-electron chi connectivity index (χ0n) is 1.86. The van der Waals surface area contributed by atoms with Gasteiger partial charge in [0.15, 0.2) is 0 Å². The summed E-state index contributed by atoms with van der Waals surface area (Å²) in [6.07, 6.45) is 0. The van der Waals surface area contributed by atoms with E-state index in [2.05, 4.69) is 0 Å². The Hall–Kier alpha value is 2.45. The molecule has 1 radical (unpaired) electrons. The van der Waals surface area contributed by atoms with Crippen molar-refractivity contribution in [3.63, 3.8) is 0 Å². The molecule has 0 unspecified atom stereocenters. The van der Waals surface area contributed by atoms with Crippen LogP contribution in [-0.2, 0) is 53.6 Å². The molecule has 0 fully saturated rings. The fourth-order valence-corrected chi connectivity index (χ4v) is 0. The molecule has 4 heteroatoms. The third-order valence-electron chi connectivity index (χ3n) is 0. The van der Waals surface area contributed by atoms with Gasteiger partial charge in [0.25, 0.3) is 0 Å². The fraction of sp³-hybridized carbons (Fsp3) is 0. The standard InChI is InChI=1S/Cu.Fe.H2Te.Zn/h;;1H2;. The molecule has 0 bridgehead atoms. The maximum absolute atomic E-state index is 0. The zero-order chi connectivity index (χ0) is 0. The molecule has 0 saturated heterocycles. The molecular weight excluding hydrogens is 312 g/mol. The largest absolute Gasteiger partial charge is 0 e. The van der Waals surface area contributed by atoms with E-state index in [-0.39, 0.29) is 77.3 Å². The predicted molar refractivity (Wildman–Crippen MR) is 8.54 cm³/mol. The van der Waals surface area contributed by atoms with Crippen molar-refractivity contribution in [3.8, 4) is 0 Å². The summed E-state index contributed by atoms with van der Waals surface area (Å²) >= 11 is 0. The Morgan fingerprint density at radius 1 is 1.00 bits per heavy atom. The summed E-state index contributed by atoms with van der Waals surface area (Å²) in [7, 11) is 0. The molecule has 0 aromatic carbocycles. The molecule has 0 nitrogen and oxygen atoms in total. The molecule has 29 valence electrons. The van der Waals surface area contributed by atoms with Crippen LogP contribution in [0.3, 0.4) is 0 Å². The SMILES string of the molecule is [Cu].[Fe].[TeH2].[Zn]. The van der Waals surface area contributed by atoms with Gasteiger partial charge in [-0.05, 0) is 0 Å². The molecule has 0 amide bonds. The first kappa shape index (κ1) is 31.9.